The number of fused-ring (bicyclic) bond motifs is 1. The molecule has 1 aliphatic heterocycles. The van der Waals surface area contributed by atoms with Crippen LogP contribution >= 0.6 is 0 Å². The second-order valence-corrected chi connectivity index (χ2v) is 10.3. The van der Waals surface area contributed by atoms with Crippen molar-refractivity contribution in [2.24, 2.45) is 5.73 Å². The van der Waals surface area contributed by atoms with E-state index in [1.165, 1.54) is 17.7 Å². The van der Waals surface area contributed by atoms with Crippen LogP contribution in [0, 0.1) is 5.41 Å². The number of rotatable bonds is 8. The Bertz CT molecular complexity index is 1620. The molecular formula is C33H31N3O4. The van der Waals surface area contributed by atoms with E-state index < -0.39 is 11.9 Å². The number of anilines is 1. The van der Waals surface area contributed by atoms with Gasteiger partial charge in [-0.25, -0.2) is 9.59 Å². The van der Waals surface area contributed by atoms with Crippen molar-refractivity contribution in [2.75, 3.05) is 5.32 Å². The number of carbonyl (C=O) groups is 2. The lowest BCUT2D eigenvalue weighted by molar-refractivity contribution is 0.0696. The Morgan fingerprint density at radius 1 is 0.925 bits per heavy atom. The van der Waals surface area contributed by atoms with Crippen LogP contribution in [0.1, 0.15) is 75.2 Å². The maximum absolute atomic E-state index is 12.1. The molecule has 0 fully saturated rings. The minimum Gasteiger partial charge on any atom is -0.478 e. The van der Waals surface area contributed by atoms with Gasteiger partial charge in [0.2, 0.25) is 0 Å². The average Bonchev–Trinajstić information content (AvgIpc) is 2.97. The van der Waals surface area contributed by atoms with Crippen molar-refractivity contribution in [1.82, 2.24) is 0 Å². The third-order valence-electron chi connectivity index (χ3n) is 7.83. The summed E-state index contributed by atoms with van der Waals surface area (Å²) in [5.41, 5.74) is 11.5. The molecule has 0 unspecified atom stereocenters. The molecule has 0 aromatic heterocycles. The van der Waals surface area contributed by atoms with Crippen LogP contribution in [0.5, 0.6) is 0 Å². The molecule has 40 heavy (non-hydrogen) atoms. The van der Waals surface area contributed by atoms with Crippen LogP contribution in [0.2, 0.25) is 0 Å². The Kier molecular flexibility index (Phi) is 7.13. The fourth-order valence-corrected chi connectivity index (χ4v) is 6.00. The summed E-state index contributed by atoms with van der Waals surface area (Å²) in [4.78, 5) is 23.5. The van der Waals surface area contributed by atoms with Gasteiger partial charge >= 0.3 is 11.9 Å². The summed E-state index contributed by atoms with van der Waals surface area (Å²) in [6.45, 7) is 2.17. The van der Waals surface area contributed by atoms with Gasteiger partial charge in [0.05, 0.1) is 17.2 Å². The molecule has 0 saturated carbocycles. The Morgan fingerprint density at radius 2 is 1.68 bits per heavy atom. The largest absolute Gasteiger partial charge is 0.478 e. The van der Waals surface area contributed by atoms with Gasteiger partial charge in [0.25, 0.3) is 0 Å². The average molecular weight is 534 g/mol. The quantitative estimate of drug-likeness (QED) is 0.127. The number of carboxylic acid groups (broad SMARTS) is 2. The molecule has 1 aliphatic rings. The van der Waals surface area contributed by atoms with Crippen molar-refractivity contribution in [3.8, 4) is 11.1 Å². The van der Waals surface area contributed by atoms with E-state index in [0.29, 0.717) is 16.7 Å². The minimum absolute atomic E-state index is 0.0271. The molecule has 5 rings (SSSR count). The van der Waals surface area contributed by atoms with Crippen LogP contribution < -0.4 is 11.1 Å². The van der Waals surface area contributed by atoms with E-state index in [4.69, 9.17) is 11.1 Å². The minimum atomic E-state index is -1.18. The maximum Gasteiger partial charge on any atom is 0.336 e. The molecule has 0 radical (unpaired) electrons. The maximum atomic E-state index is 12.1. The Balaban J connectivity index is 1.64. The molecule has 4 aromatic rings. The first-order chi connectivity index (χ1) is 19.2. The van der Waals surface area contributed by atoms with Crippen LogP contribution in [0.4, 0.5) is 5.69 Å². The van der Waals surface area contributed by atoms with E-state index in [2.05, 4.69) is 24.4 Å². The van der Waals surface area contributed by atoms with Gasteiger partial charge in [0.1, 0.15) is 5.84 Å². The van der Waals surface area contributed by atoms with Gasteiger partial charge in [-0.05, 0) is 77.1 Å². The molecule has 1 heterocycles. The number of nitrogens with two attached hydrogens (primary N) is 1. The number of aromatic carboxylic acids is 2. The third kappa shape index (κ3) is 4.82. The predicted molar refractivity (Wildman–Crippen MR) is 156 cm³/mol. The standard InChI is InChI=1S/C33H31N3O4/c1-2-15-33(24-9-4-3-5-10-24)19-29(36-28-14-12-22(30(34)35)18-27(28)33)21-8-6-7-20(16-21)25-13-11-23(31(37)38)17-26(25)32(39)40/h3-14,16-18,29,36H,2,15,19H2,1H3,(H3,34,35)(H,37,38)(H,39,40)/t29-,33+/m0/s1. The highest BCUT2D eigenvalue weighted by Gasteiger charge is 2.42. The first kappa shape index (κ1) is 26.7. The first-order valence-corrected chi connectivity index (χ1v) is 13.3. The van der Waals surface area contributed by atoms with Gasteiger partial charge in [-0.2, -0.15) is 0 Å². The van der Waals surface area contributed by atoms with E-state index in [1.807, 2.05) is 60.7 Å². The van der Waals surface area contributed by atoms with Crippen LogP contribution in [0.25, 0.3) is 11.1 Å². The van der Waals surface area contributed by atoms with Gasteiger partial charge in [-0.1, -0.05) is 67.9 Å². The predicted octanol–water partition coefficient (Wildman–Crippen LogP) is 6.68. The summed E-state index contributed by atoms with van der Waals surface area (Å²) in [6, 6.07) is 28.2. The highest BCUT2D eigenvalue weighted by atomic mass is 16.4. The molecule has 0 bridgehead atoms. The van der Waals surface area contributed by atoms with E-state index in [1.54, 1.807) is 6.07 Å². The zero-order valence-electron chi connectivity index (χ0n) is 22.1. The number of nitrogen functional groups attached to an aromatic ring is 1. The zero-order chi connectivity index (χ0) is 28.4. The van der Waals surface area contributed by atoms with Crippen LogP contribution in [0.3, 0.4) is 0 Å². The Morgan fingerprint density at radius 3 is 2.35 bits per heavy atom. The molecular weight excluding hydrogens is 502 g/mol. The topological polar surface area (TPSA) is 136 Å². The van der Waals surface area contributed by atoms with Crippen molar-refractivity contribution in [3.05, 3.63) is 124 Å². The fourth-order valence-electron chi connectivity index (χ4n) is 6.00. The number of hydrogen-bond acceptors (Lipinski definition) is 4. The lowest BCUT2D eigenvalue weighted by Gasteiger charge is -2.44. The summed E-state index contributed by atoms with van der Waals surface area (Å²) in [5, 5.41) is 30.9. The highest BCUT2D eigenvalue weighted by Crippen LogP contribution is 2.51. The fraction of sp³-hybridized carbons (Fsp3) is 0.182. The first-order valence-electron chi connectivity index (χ1n) is 13.3. The molecule has 0 aliphatic carbocycles. The lowest BCUT2D eigenvalue weighted by atomic mass is 9.64. The van der Waals surface area contributed by atoms with Crippen molar-refractivity contribution in [3.63, 3.8) is 0 Å². The molecule has 2 atom stereocenters. The van der Waals surface area contributed by atoms with Crippen molar-refractivity contribution in [2.45, 2.75) is 37.6 Å². The van der Waals surface area contributed by atoms with Crippen molar-refractivity contribution < 1.29 is 19.8 Å². The number of hydrogen-bond donors (Lipinski definition) is 5. The summed E-state index contributed by atoms with van der Waals surface area (Å²) >= 11 is 0. The number of benzene rings is 4. The summed E-state index contributed by atoms with van der Waals surface area (Å²) in [5.74, 6) is -2.33. The summed E-state index contributed by atoms with van der Waals surface area (Å²) in [7, 11) is 0. The van der Waals surface area contributed by atoms with Gasteiger partial charge in [-0.3, -0.25) is 5.41 Å². The molecule has 202 valence electrons. The molecule has 6 N–H and O–H groups in total. The van der Waals surface area contributed by atoms with Crippen LogP contribution in [-0.2, 0) is 5.41 Å². The molecule has 7 heteroatoms. The molecule has 4 aromatic carbocycles. The van der Waals surface area contributed by atoms with Crippen molar-refractivity contribution >= 4 is 23.5 Å². The second kappa shape index (κ2) is 10.7. The summed E-state index contributed by atoms with van der Waals surface area (Å²) in [6.07, 6.45) is 2.58. The van der Waals surface area contributed by atoms with Crippen LogP contribution in [-0.4, -0.2) is 28.0 Å². The van der Waals surface area contributed by atoms with Gasteiger partial charge in [-0.15, -0.1) is 0 Å². The normalized spacial score (nSPS) is 17.9. The van der Waals surface area contributed by atoms with Gasteiger partial charge in [0, 0.05) is 16.7 Å². The lowest BCUT2D eigenvalue weighted by Crippen LogP contribution is -2.37. The van der Waals surface area contributed by atoms with E-state index >= 15 is 0 Å². The van der Waals surface area contributed by atoms with Gasteiger partial charge in [0.15, 0.2) is 0 Å². The Labute approximate surface area is 232 Å². The number of carboxylic acids is 2. The Hall–Kier alpha value is -4.91. The third-order valence-corrected chi connectivity index (χ3v) is 7.83. The molecule has 0 spiro atoms. The summed E-state index contributed by atoms with van der Waals surface area (Å²) < 4.78 is 0. The number of nitrogens with one attached hydrogen (secondary N) is 2. The number of amidine groups is 1. The van der Waals surface area contributed by atoms with E-state index in [-0.39, 0.29) is 28.4 Å². The van der Waals surface area contributed by atoms with E-state index in [0.717, 1.165) is 36.1 Å². The SMILES string of the molecule is CCC[C@]1(c2ccccc2)C[C@@H](c2cccc(-c3ccc(C(=O)O)cc3C(=O)O)c2)Nc2ccc(C(=N)N)cc21. The zero-order valence-corrected chi connectivity index (χ0v) is 22.1. The van der Waals surface area contributed by atoms with Gasteiger partial charge < -0.3 is 21.3 Å². The van der Waals surface area contributed by atoms with Crippen LogP contribution in [0.15, 0.2) is 91.0 Å². The highest BCUT2D eigenvalue weighted by molar-refractivity contribution is 5.99. The van der Waals surface area contributed by atoms with E-state index in [9.17, 15) is 19.8 Å². The molecule has 0 amide bonds. The van der Waals surface area contributed by atoms with Crippen molar-refractivity contribution in [1.29, 1.82) is 5.41 Å². The second-order valence-electron chi connectivity index (χ2n) is 10.3. The molecule has 0 saturated heterocycles. The monoisotopic (exact) mass is 533 g/mol. The smallest absolute Gasteiger partial charge is 0.336 e. The molecule has 7 nitrogen and oxygen atoms in total.